The van der Waals surface area contributed by atoms with Gasteiger partial charge in [0.1, 0.15) is 0 Å². The Labute approximate surface area is 59.5 Å². The molecule has 0 heteroatoms. The molecule has 0 radical (unpaired) electrons. The molecule has 0 spiro atoms. The fourth-order valence-corrected chi connectivity index (χ4v) is 1.39. The molecule has 0 bridgehead atoms. The van der Waals surface area contributed by atoms with Crippen molar-refractivity contribution in [3.63, 3.8) is 0 Å². The number of rotatable bonds is 0. The fraction of sp³-hybridized carbons (Fsp3) is 0. The van der Waals surface area contributed by atoms with E-state index in [-0.39, 0.29) is 0 Å². The second-order valence-electron chi connectivity index (χ2n) is 2.71. The molecule has 0 saturated heterocycles. The van der Waals surface area contributed by atoms with Crippen LogP contribution in [0.3, 0.4) is 0 Å². The lowest BCUT2D eigenvalue weighted by Gasteiger charge is -1.67. The number of fused-ring (bicyclic) bond motifs is 1. The maximum absolute atomic E-state index is 2.18. The van der Waals surface area contributed by atoms with Gasteiger partial charge in [-0.15, -0.1) is 0 Å². The van der Waals surface area contributed by atoms with Crippen LogP contribution in [0.25, 0.3) is 5.57 Å². The summed E-state index contributed by atoms with van der Waals surface area (Å²) in [6, 6.07) is 8.54. The summed E-state index contributed by atoms with van der Waals surface area (Å²) in [7, 11) is 0. The first-order chi connectivity index (χ1) is 4.97. The Morgan fingerprint density at radius 1 is 0.800 bits per heavy atom. The molecule has 0 unspecified atom stereocenters. The molecule has 0 aromatic heterocycles. The molecule has 0 heterocycles. The van der Waals surface area contributed by atoms with E-state index in [0.717, 1.165) is 0 Å². The van der Waals surface area contributed by atoms with E-state index in [9.17, 15) is 0 Å². The van der Waals surface area contributed by atoms with Crippen LogP contribution in [0.2, 0.25) is 0 Å². The maximum atomic E-state index is 2.18. The van der Waals surface area contributed by atoms with Crippen molar-refractivity contribution in [3.8, 4) is 0 Å². The van der Waals surface area contributed by atoms with Gasteiger partial charge in [-0.05, 0) is 22.3 Å². The molecule has 2 aliphatic carbocycles. The van der Waals surface area contributed by atoms with Crippen molar-refractivity contribution in [1.82, 2.24) is 0 Å². The van der Waals surface area contributed by atoms with Crippen LogP contribution in [0.1, 0.15) is 11.1 Å². The minimum atomic E-state index is 1.43. The lowest BCUT2D eigenvalue weighted by Crippen LogP contribution is -1.48. The summed E-state index contributed by atoms with van der Waals surface area (Å²) in [6.45, 7) is 0. The zero-order valence-corrected chi connectivity index (χ0v) is 5.46. The SMILES string of the molecule is C1=CC1=C1c2ccccc21. The normalized spacial score (nSPS) is 17.2. The van der Waals surface area contributed by atoms with Crippen LogP contribution in [-0.2, 0) is 0 Å². The smallest absolute Gasteiger partial charge is 0.00264 e. The third kappa shape index (κ3) is 0.422. The lowest BCUT2D eigenvalue weighted by molar-refractivity contribution is 1.77. The van der Waals surface area contributed by atoms with Gasteiger partial charge >= 0.3 is 0 Å². The van der Waals surface area contributed by atoms with Crippen molar-refractivity contribution in [3.05, 3.63) is 53.1 Å². The second kappa shape index (κ2) is 1.24. The molecule has 1 aromatic carbocycles. The van der Waals surface area contributed by atoms with Crippen LogP contribution >= 0.6 is 0 Å². The van der Waals surface area contributed by atoms with Crippen LogP contribution in [-0.4, -0.2) is 0 Å². The average molecular weight is 126 g/mol. The van der Waals surface area contributed by atoms with Crippen molar-refractivity contribution in [2.45, 2.75) is 0 Å². The van der Waals surface area contributed by atoms with Crippen LogP contribution in [0, 0.1) is 0 Å². The van der Waals surface area contributed by atoms with E-state index in [4.69, 9.17) is 0 Å². The summed E-state index contributed by atoms with van der Waals surface area (Å²) in [5, 5.41) is 0. The molecule has 0 fully saturated rings. The average Bonchev–Trinajstić information content (AvgIpc) is 2.81. The van der Waals surface area contributed by atoms with E-state index in [1.54, 1.807) is 0 Å². The van der Waals surface area contributed by atoms with Crippen LogP contribution in [0.5, 0.6) is 0 Å². The van der Waals surface area contributed by atoms with Crippen molar-refractivity contribution >= 4 is 5.57 Å². The molecule has 0 aliphatic heterocycles. The van der Waals surface area contributed by atoms with Crippen LogP contribution < -0.4 is 0 Å². The van der Waals surface area contributed by atoms with Gasteiger partial charge in [-0.1, -0.05) is 36.4 Å². The first-order valence-electron chi connectivity index (χ1n) is 3.49. The Balaban J connectivity index is 2.24. The summed E-state index contributed by atoms with van der Waals surface area (Å²) in [5.74, 6) is 0. The number of allylic oxidation sites excluding steroid dienone is 3. The van der Waals surface area contributed by atoms with Crippen molar-refractivity contribution < 1.29 is 0 Å². The van der Waals surface area contributed by atoms with E-state index >= 15 is 0 Å². The number of hydrogen-bond donors (Lipinski definition) is 0. The molecule has 0 nitrogen and oxygen atoms in total. The fourth-order valence-electron chi connectivity index (χ4n) is 1.39. The predicted octanol–water partition coefficient (Wildman–Crippen LogP) is 2.37. The molecule has 2 aliphatic rings. The van der Waals surface area contributed by atoms with Gasteiger partial charge in [0, 0.05) is 0 Å². The van der Waals surface area contributed by atoms with Gasteiger partial charge in [0.2, 0.25) is 0 Å². The summed E-state index contributed by atoms with van der Waals surface area (Å²) in [5.41, 5.74) is 5.80. The monoisotopic (exact) mass is 126 g/mol. The van der Waals surface area contributed by atoms with E-state index < -0.39 is 0 Å². The molecular weight excluding hydrogens is 120 g/mol. The Hall–Kier alpha value is -1.30. The van der Waals surface area contributed by atoms with Gasteiger partial charge < -0.3 is 0 Å². The minimum absolute atomic E-state index is 1.43. The van der Waals surface area contributed by atoms with Gasteiger partial charge in [0.05, 0.1) is 0 Å². The third-order valence-corrected chi connectivity index (χ3v) is 2.03. The predicted molar refractivity (Wildman–Crippen MR) is 41.6 cm³/mol. The quantitative estimate of drug-likeness (QED) is 0.508. The van der Waals surface area contributed by atoms with E-state index in [1.165, 1.54) is 22.3 Å². The molecule has 0 saturated carbocycles. The number of hydrogen-bond acceptors (Lipinski definition) is 0. The Morgan fingerprint density at radius 3 is 1.90 bits per heavy atom. The molecule has 3 rings (SSSR count). The largest absolute Gasteiger partial charge is 0.0616 e. The van der Waals surface area contributed by atoms with Gasteiger partial charge in [0.25, 0.3) is 0 Å². The highest BCUT2D eigenvalue weighted by atomic mass is 14.3. The van der Waals surface area contributed by atoms with Gasteiger partial charge in [-0.2, -0.15) is 0 Å². The summed E-state index contributed by atoms with van der Waals surface area (Å²) >= 11 is 0. The minimum Gasteiger partial charge on any atom is -0.0616 e. The standard InChI is InChI=1S/C10H6/c1-2-4-9-8(3-1)10(9)7-5-6-7/h1-6H. The highest BCUT2D eigenvalue weighted by molar-refractivity contribution is 6.05. The molecule has 0 amide bonds. The van der Waals surface area contributed by atoms with Crippen LogP contribution in [0.15, 0.2) is 42.0 Å². The summed E-state index contributed by atoms with van der Waals surface area (Å²) in [6.07, 6.45) is 4.32. The molecule has 46 valence electrons. The molecule has 0 N–H and O–H groups in total. The van der Waals surface area contributed by atoms with E-state index in [2.05, 4.69) is 36.4 Å². The van der Waals surface area contributed by atoms with E-state index in [1.807, 2.05) is 0 Å². The topological polar surface area (TPSA) is 0 Å². The molecule has 0 atom stereocenters. The first-order valence-corrected chi connectivity index (χ1v) is 3.49. The van der Waals surface area contributed by atoms with Gasteiger partial charge in [-0.3, -0.25) is 0 Å². The summed E-state index contributed by atoms with van der Waals surface area (Å²) in [4.78, 5) is 0. The van der Waals surface area contributed by atoms with Crippen molar-refractivity contribution in [2.24, 2.45) is 0 Å². The first kappa shape index (κ1) is 4.51. The highest BCUT2D eigenvalue weighted by Crippen LogP contribution is 2.47. The van der Waals surface area contributed by atoms with Gasteiger partial charge in [0.15, 0.2) is 0 Å². The maximum Gasteiger partial charge on any atom is -0.00264 e. The lowest BCUT2D eigenvalue weighted by atomic mass is 10.4. The zero-order valence-electron chi connectivity index (χ0n) is 5.46. The van der Waals surface area contributed by atoms with Gasteiger partial charge in [-0.25, -0.2) is 0 Å². The third-order valence-electron chi connectivity index (χ3n) is 2.03. The molecule has 10 heavy (non-hydrogen) atoms. The zero-order chi connectivity index (χ0) is 6.55. The molecular formula is C10H6. The van der Waals surface area contributed by atoms with Crippen molar-refractivity contribution in [2.75, 3.05) is 0 Å². The van der Waals surface area contributed by atoms with E-state index in [0.29, 0.717) is 0 Å². The second-order valence-corrected chi connectivity index (χ2v) is 2.71. The Morgan fingerprint density at radius 2 is 1.40 bits per heavy atom. The highest BCUT2D eigenvalue weighted by Gasteiger charge is 2.28. The summed E-state index contributed by atoms with van der Waals surface area (Å²) < 4.78 is 0. The van der Waals surface area contributed by atoms with Crippen molar-refractivity contribution in [1.29, 1.82) is 0 Å². The molecule has 1 aromatic rings. The van der Waals surface area contributed by atoms with Crippen LogP contribution in [0.4, 0.5) is 0 Å². The number of benzene rings is 1. The Bertz CT molecular complexity index is 334. The Kier molecular flexibility index (Phi) is 0.558.